The lowest BCUT2D eigenvalue weighted by Gasteiger charge is -2.14. The maximum atomic E-state index is 12.0. The fourth-order valence-corrected chi connectivity index (χ4v) is 4.23. The van der Waals surface area contributed by atoms with Crippen LogP contribution in [0.25, 0.3) is 16.5 Å². The third kappa shape index (κ3) is 5.27. The van der Waals surface area contributed by atoms with Crippen LogP contribution >= 0.6 is 23.2 Å². The molecule has 1 heterocycles. The largest absolute Gasteiger partial charge is 0.465 e. The van der Waals surface area contributed by atoms with Gasteiger partial charge in [0.2, 0.25) is 0 Å². The van der Waals surface area contributed by atoms with Gasteiger partial charge in [0.15, 0.2) is 0 Å². The van der Waals surface area contributed by atoms with Crippen molar-refractivity contribution in [1.82, 2.24) is 4.98 Å². The molecule has 166 valence electrons. The summed E-state index contributed by atoms with van der Waals surface area (Å²) in [5.41, 5.74) is 5.90. The number of halogens is 2. The molecule has 0 spiro atoms. The van der Waals surface area contributed by atoms with Crippen molar-refractivity contribution < 1.29 is 9.53 Å². The lowest BCUT2D eigenvalue weighted by molar-refractivity contribution is 0.0599. The van der Waals surface area contributed by atoms with Crippen molar-refractivity contribution in [2.75, 3.05) is 7.11 Å². The Morgan fingerprint density at radius 2 is 1.82 bits per heavy atom. The Kier molecular flexibility index (Phi) is 7.12. The number of aryl methyl sites for hydroxylation is 1. The summed E-state index contributed by atoms with van der Waals surface area (Å²) >= 11 is 12.9. The van der Waals surface area contributed by atoms with Gasteiger partial charge in [-0.1, -0.05) is 66.7 Å². The van der Waals surface area contributed by atoms with Crippen LogP contribution in [0.1, 0.15) is 44.5 Å². The summed E-state index contributed by atoms with van der Waals surface area (Å²) < 4.78 is 4.89. The molecule has 4 aromatic rings. The van der Waals surface area contributed by atoms with Crippen molar-refractivity contribution >= 4 is 45.6 Å². The number of nitrogens with zero attached hydrogens (tertiary/aromatic N) is 1. The number of hydrogen-bond donors (Lipinski definition) is 0. The Bertz CT molecular complexity index is 1330. The molecule has 0 amide bonds. The molecule has 5 heteroatoms. The Balaban J connectivity index is 1.52. The number of methoxy groups -OCH3 is 1. The maximum absolute atomic E-state index is 12.0. The number of pyridine rings is 1. The predicted molar refractivity (Wildman–Crippen MR) is 136 cm³/mol. The van der Waals surface area contributed by atoms with Crippen LogP contribution in [0.4, 0.5) is 0 Å². The molecule has 0 aliphatic carbocycles. The molecule has 0 aliphatic rings. The highest BCUT2D eigenvalue weighted by Crippen LogP contribution is 2.30. The number of aromatic nitrogens is 1. The van der Waals surface area contributed by atoms with E-state index >= 15 is 0 Å². The second kappa shape index (κ2) is 10.2. The lowest BCUT2D eigenvalue weighted by atomic mass is 9.96. The summed E-state index contributed by atoms with van der Waals surface area (Å²) in [6.07, 6.45) is 1.34. The molecule has 1 atom stereocenters. The van der Waals surface area contributed by atoms with Gasteiger partial charge in [0.25, 0.3) is 0 Å². The zero-order valence-corrected chi connectivity index (χ0v) is 19.7. The molecule has 0 aliphatic heterocycles. The van der Waals surface area contributed by atoms with Gasteiger partial charge in [-0.15, -0.1) is 11.6 Å². The van der Waals surface area contributed by atoms with Gasteiger partial charge in [-0.05, 0) is 59.9 Å². The van der Waals surface area contributed by atoms with Gasteiger partial charge in [0.05, 0.1) is 29.3 Å². The number of fused-ring (bicyclic) bond motifs is 1. The van der Waals surface area contributed by atoms with Gasteiger partial charge in [0, 0.05) is 16.0 Å². The van der Waals surface area contributed by atoms with Crippen LogP contribution < -0.4 is 0 Å². The molecule has 0 fully saturated rings. The van der Waals surface area contributed by atoms with E-state index in [2.05, 4.69) is 12.6 Å². The fourth-order valence-electron chi connectivity index (χ4n) is 3.82. The summed E-state index contributed by atoms with van der Waals surface area (Å²) in [6.45, 7) is 4.27. The van der Waals surface area contributed by atoms with E-state index in [4.69, 9.17) is 32.9 Å². The number of alkyl halides is 1. The third-order valence-corrected chi connectivity index (χ3v) is 6.36. The minimum atomic E-state index is -0.334. The summed E-state index contributed by atoms with van der Waals surface area (Å²) in [4.78, 5) is 16.8. The topological polar surface area (TPSA) is 39.2 Å². The number of esters is 1. The van der Waals surface area contributed by atoms with E-state index in [1.165, 1.54) is 7.11 Å². The number of carbonyl (C=O) groups excluding carboxylic acids is 1. The van der Waals surface area contributed by atoms with Gasteiger partial charge < -0.3 is 4.74 Å². The first-order chi connectivity index (χ1) is 16.0. The van der Waals surface area contributed by atoms with Crippen molar-refractivity contribution in [1.29, 1.82) is 0 Å². The normalized spacial score (nSPS) is 11.8. The Labute approximate surface area is 203 Å². The Morgan fingerprint density at radius 3 is 2.64 bits per heavy atom. The van der Waals surface area contributed by atoms with E-state index in [0.717, 1.165) is 38.9 Å². The third-order valence-electron chi connectivity index (χ3n) is 5.65. The quantitative estimate of drug-likeness (QED) is 0.203. The molecular formula is C28H23Cl2NO2. The van der Waals surface area contributed by atoms with Crippen LogP contribution in [0, 0.1) is 0 Å². The molecular weight excluding hydrogens is 453 g/mol. The van der Waals surface area contributed by atoms with Gasteiger partial charge in [-0.3, -0.25) is 0 Å². The van der Waals surface area contributed by atoms with E-state index in [1.807, 2.05) is 66.7 Å². The first-order valence-electron chi connectivity index (χ1n) is 10.6. The van der Waals surface area contributed by atoms with Crippen LogP contribution in [0.5, 0.6) is 0 Å². The number of hydrogen-bond acceptors (Lipinski definition) is 3. The van der Waals surface area contributed by atoms with Crippen LogP contribution in [0.2, 0.25) is 5.02 Å². The summed E-state index contributed by atoms with van der Waals surface area (Å²) in [5, 5.41) is 1.46. The Hall–Kier alpha value is -3.14. The second-order valence-corrected chi connectivity index (χ2v) is 8.76. The number of carbonyl (C=O) groups is 1. The van der Waals surface area contributed by atoms with Crippen molar-refractivity contribution in [2.24, 2.45) is 0 Å². The van der Waals surface area contributed by atoms with Gasteiger partial charge in [-0.2, -0.15) is 0 Å². The highest BCUT2D eigenvalue weighted by Gasteiger charge is 2.15. The summed E-state index contributed by atoms with van der Waals surface area (Å²) in [6, 6.07) is 25.1. The van der Waals surface area contributed by atoms with E-state index in [9.17, 15) is 4.79 Å². The molecule has 0 saturated carbocycles. The van der Waals surface area contributed by atoms with Crippen molar-refractivity contribution in [3.8, 4) is 0 Å². The lowest BCUT2D eigenvalue weighted by Crippen LogP contribution is -2.06. The number of ether oxygens (including phenoxy) is 1. The molecule has 3 aromatic carbocycles. The molecule has 3 nitrogen and oxygen atoms in total. The Morgan fingerprint density at radius 1 is 1.03 bits per heavy atom. The van der Waals surface area contributed by atoms with Gasteiger partial charge in [0.1, 0.15) is 0 Å². The van der Waals surface area contributed by atoms with Crippen molar-refractivity contribution in [3.05, 3.63) is 118 Å². The van der Waals surface area contributed by atoms with Gasteiger partial charge >= 0.3 is 5.97 Å². The standard InChI is InChI=1S/C28H23Cl2NO2/c1-18(26-15-12-20-10-13-23(29)17-27(20)31-26)21-7-5-8-22(16-21)25(30)14-11-19-6-3-4-9-24(19)28(32)33-2/h3-10,12-13,15-17,25H,1,11,14H2,2H3/t25-/m0/s1. The zero-order chi connectivity index (χ0) is 23.4. The molecule has 0 bridgehead atoms. The molecule has 33 heavy (non-hydrogen) atoms. The minimum absolute atomic E-state index is 0.216. The van der Waals surface area contributed by atoms with Crippen molar-refractivity contribution in [3.63, 3.8) is 0 Å². The molecule has 1 aromatic heterocycles. The average molecular weight is 476 g/mol. The van der Waals surface area contributed by atoms with Crippen molar-refractivity contribution in [2.45, 2.75) is 18.2 Å². The number of benzene rings is 3. The molecule has 4 rings (SSSR count). The summed E-state index contributed by atoms with van der Waals surface area (Å²) in [7, 11) is 1.39. The van der Waals surface area contributed by atoms with Gasteiger partial charge in [-0.25, -0.2) is 9.78 Å². The van der Waals surface area contributed by atoms with E-state index in [1.54, 1.807) is 6.07 Å². The van der Waals surface area contributed by atoms with E-state index < -0.39 is 0 Å². The van der Waals surface area contributed by atoms with Crippen LogP contribution in [-0.2, 0) is 11.2 Å². The fraction of sp³-hybridized carbons (Fsp3) is 0.143. The van der Waals surface area contributed by atoms with Crippen LogP contribution in [0.15, 0.2) is 85.4 Å². The molecule has 0 saturated heterocycles. The van der Waals surface area contributed by atoms with E-state index in [0.29, 0.717) is 23.4 Å². The molecule has 0 N–H and O–H groups in total. The SMILES string of the molecule is C=C(c1cccc([C@@H](Cl)CCc2ccccc2C(=O)OC)c1)c1ccc2ccc(Cl)cc2n1. The molecule has 0 unspecified atom stereocenters. The highest BCUT2D eigenvalue weighted by molar-refractivity contribution is 6.31. The van der Waals surface area contributed by atoms with E-state index in [-0.39, 0.29) is 11.3 Å². The van der Waals surface area contributed by atoms with Crippen LogP contribution in [-0.4, -0.2) is 18.1 Å². The minimum Gasteiger partial charge on any atom is -0.465 e. The first kappa shape index (κ1) is 23.0. The smallest absolute Gasteiger partial charge is 0.338 e. The predicted octanol–water partition coefficient (Wildman–Crippen LogP) is 7.65. The first-order valence-corrected chi connectivity index (χ1v) is 11.4. The van der Waals surface area contributed by atoms with Crippen LogP contribution in [0.3, 0.4) is 0 Å². The zero-order valence-electron chi connectivity index (χ0n) is 18.2. The monoisotopic (exact) mass is 475 g/mol. The summed E-state index contributed by atoms with van der Waals surface area (Å²) in [5.74, 6) is -0.334. The number of rotatable bonds is 7. The maximum Gasteiger partial charge on any atom is 0.338 e. The average Bonchev–Trinajstić information content (AvgIpc) is 2.86. The highest BCUT2D eigenvalue weighted by atomic mass is 35.5. The molecule has 0 radical (unpaired) electrons. The second-order valence-electron chi connectivity index (χ2n) is 7.79.